The predicted molar refractivity (Wildman–Crippen MR) is 61.5 cm³/mol. The summed E-state index contributed by atoms with van der Waals surface area (Å²) in [5, 5.41) is 1.48. The van der Waals surface area contributed by atoms with Gasteiger partial charge in [-0.2, -0.15) is 0 Å². The van der Waals surface area contributed by atoms with Crippen LogP contribution in [0.25, 0.3) is 10.8 Å². The molecule has 0 saturated carbocycles. The highest BCUT2D eigenvalue weighted by Crippen LogP contribution is 2.12. The number of nitrogens with zero attached hydrogens (tertiary/aromatic N) is 1. The summed E-state index contributed by atoms with van der Waals surface area (Å²) in [6.07, 6.45) is 5.18. The van der Waals surface area contributed by atoms with Gasteiger partial charge in [0, 0.05) is 5.39 Å². The average Bonchev–Trinajstić information content (AvgIpc) is 2.24. The lowest BCUT2D eigenvalue weighted by Crippen LogP contribution is -2.22. The van der Waals surface area contributed by atoms with Crippen molar-refractivity contribution in [3.63, 3.8) is 0 Å². The lowest BCUT2D eigenvalue weighted by Gasteiger charge is -2.07. The maximum absolute atomic E-state index is 11.9. The molecule has 74 valence electrons. The Bertz CT molecular complexity index is 605. The van der Waals surface area contributed by atoms with Crippen LogP contribution in [0.15, 0.2) is 35.1 Å². The van der Waals surface area contributed by atoms with E-state index in [1.54, 1.807) is 12.1 Å². The number of hydrogen-bond acceptors (Lipinski definition) is 2. The summed E-state index contributed by atoms with van der Waals surface area (Å²) in [5.41, 5.74) is 5.61. The summed E-state index contributed by atoms with van der Waals surface area (Å²) in [7, 11) is 0. The monoisotopic (exact) mass is 198 g/mol. The second-order valence-electron chi connectivity index (χ2n) is 3.25. The van der Waals surface area contributed by atoms with E-state index < -0.39 is 0 Å². The largest absolute Gasteiger partial charge is 0.385 e. The zero-order valence-electron chi connectivity index (χ0n) is 8.10. The van der Waals surface area contributed by atoms with Crippen molar-refractivity contribution in [3.05, 3.63) is 40.7 Å². The topological polar surface area (TPSA) is 48.0 Å². The maximum Gasteiger partial charge on any atom is 0.260 e. The molecule has 2 N–H and O–H groups in total. The minimum Gasteiger partial charge on any atom is -0.385 e. The predicted octanol–water partition coefficient (Wildman–Crippen LogP) is 1.22. The first kappa shape index (κ1) is 9.35. The molecule has 3 nitrogen and oxygen atoms in total. The second kappa shape index (κ2) is 3.50. The summed E-state index contributed by atoms with van der Waals surface area (Å²) in [6, 6.07) is 9.07. The number of terminal acetylenes is 1. The van der Waals surface area contributed by atoms with Gasteiger partial charge < -0.3 is 5.73 Å². The summed E-state index contributed by atoms with van der Waals surface area (Å²) >= 11 is 0. The highest BCUT2D eigenvalue weighted by atomic mass is 16.1. The van der Waals surface area contributed by atoms with E-state index in [4.69, 9.17) is 12.2 Å². The lowest BCUT2D eigenvalue weighted by atomic mass is 10.1. The number of nitrogens with two attached hydrogens (primary N) is 1. The van der Waals surface area contributed by atoms with Crippen LogP contribution in [0.4, 0.5) is 5.82 Å². The molecule has 2 rings (SSSR count). The molecule has 0 radical (unpaired) electrons. The third-order valence-electron chi connectivity index (χ3n) is 2.30. The Morgan fingerprint density at radius 1 is 1.40 bits per heavy atom. The third-order valence-corrected chi connectivity index (χ3v) is 2.30. The highest BCUT2D eigenvalue weighted by molar-refractivity contribution is 5.83. The van der Waals surface area contributed by atoms with E-state index in [0.29, 0.717) is 11.2 Å². The van der Waals surface area contributed by atoms with Crippen LogP contribution in [0.5, 0.6) is 0 Å². The van der Waals surface area contributed by atoms with E-state index in [1.807, 2.05) is 18.2 Å². The van der Waals surface area contributed by atoms with Gasteiger partial charge in [-0.05, 0) is 17.5 Å². The Labute approximate surface area is 87.1 Å². The van der Waals surface area contributed by atoms with E-state index in [9.17, 15) is 4.79 Å². The minimum absolute atomic E-state index is 0.136. The Morgan fingerprint density at radius 3 is 2.87 bits per heavy atom. The molecule has 0 aliphatic carbocycles. The highest BCUT2D eigenvalue weighted by Gasteiger charge is 2.04. The first-order chi connectivity index (χ1) is 7.24. The molecule has 0 atom stereocenters. The zero-order valence-corrected chi connectivity index (χ0v) is 8.10. The van der Waals surface area contributed by atoms with Crippen LogP contribution < -0.4 is 11.3 Å². The van der Waals surface area contributed by atoms with Crippen molar-refractivity contribution < 1.29 is 0 Å². The lowest BCUT2D eigenvalue weighted by molar-refractivity contribution is 0.820. The number of anilines is 1. The zero-order chi connectivity index (χ0) is 10.8. The molecule has 0 aliphatic rings. The summed E-state index contributed by atoms with van der Waals surface area (Å²) in [4.78, 5) is 11.9. The fraction of sp³-hybridized carbons (Fsp3) is 0.0833. The second-order valence-corrected chi connectivity index (χ2v) is 3.25. The molecule has 0 bridgehead atoms. The normalized spacial score (nSPS) is 10.1. The first-order valence-electron chi connectivity index (χ1n) is 4.55. The molecule has 0 unspecified atom stereocenters. The standard InChI is InChI=1S/C12H10N2O/c1-2-7-14-11(13)8-9-5-3-4-6-10(9)12(14)15/h1,3-6,8H,7,13H2. The van der Waals surface area contributed by atoms with E-state index >= 15 is 0 Å². The molecule has 1 aromatic carbocycles. The third kappa shape index (κ3) is 1.46. The molecule has 3 heteroatoms. The van der Waals surface area contributed by atoms with Gasteiger partial charge in [-0.1, -0.05) is 24.1 Å². The van der Waals surface area contributed by atoms with Gasteiger partial charge in [-0.25, -0.2) is 0 Å². The van der Waals surface area contributed by atoms with Crippen molar-refractivity contribution in [3.8, 4) is 12.3 Å². The van der Waals surface area contributed by atoms with Crippen LogP contribution in [-0.2, 0) is 6.54 Å². The number of hydrogen-bond donors (Lipinski definition) is 1. The van der Waals surface area contributed by atoms with Gasteiger partial charge in [0.1, 0.15) is 5.82 Å². The SMILES string of the molecule is C#CCn1c(N)cc2ccccc2c1=O. The van der Waals surface area contributed by atoms with Gasteiger partial charge in [0.05, 0.1) is 6.54 Å². The quantitative estimate of drug-likeness (QED) is 0.700. The van der Waals surface area contributed by atoms with Crippen molar-refractivity contribution in [1.82, 2.24) is 4.57 Å². The summed E-state index contributed by atoms with van der Waals surface area (Å²) in [6.45, 7) is 0.204. The molecule has 0 aliphatic heterocycles. The van der Waals surface area contributed by atoms with Gasteiger partial charge in [0.25, 0.3) is 5.56 Å². The van der Waals surface area contributed by atoms with E-state index in [1.165, 1.54) is 4.57 Å². The molecule has 0 saturated heterocycles. The van der Waals surface area contributed by atoms with Gasteiger partial charge in [-0.3, -0.25) is 9.36 Å². The molecular formula is C12H10N2O. The number of benzene rings is 1. The number of fused-ring (bicyclic) bond motifs is 1. The Hall–Kier alpha value is -2.21. The maximum atomic E-state index is 11.9. The summed E-state index contributed by atoms with van der Waals surface area (Å²) < 4.78 is 1.39. The first-order valence-corrected chi connectivity index (χ1v) is 4.55. The molecule has 0 spiro atoms. The fourth-order valence-corrected chi connectivity index (χ4v) is 1.57. The van der Waals surface area contributed by atoms with Crippen molar-refractivity contribution in [2.24, 2.45) is 0 Å². The number of aromatic nitrogens is 1. The van der Waals surface area contributed by atoms with Crippen LogP contribution in [0.1, 0.15) is 0 Å². The average molecular weight is 198 g/mol. The summed E-state index contributed by atoms with van der Waals surface area (Å²) in [5.74, 6) is 2.81. The fourth-order valence-electron chi connectivity index (χ4n) is 1.57. The molecule has 0 amide bonds. The van der Waals surface area contributed by atoms with Crippen molar-refractivity contribution in [2.45, 2.75) is 6.54 Å². The van der Waals surface area contributed by atoms with Crippen molar-refractivity contribution >= 4 is 16.6 Å². The van der Waals surface area contributed by atoms with Gasteiger partial charge in [0.2, 0.25) is 0 Å². The van der Waals surface area contributed by atoms with Crippen LogP contribution in [-0.4, -0.2) is 4.57 Å². The van der Waals surface area contributed by atoms with Gasteiger partial charge >= 0.3 is 0 Å². The van der Waals surface area contributed by atoms with Crippen LogP contribution in [0, 0.1) is 12.3 Å². The van der Waals surface area contributed by atoms with Crippen LogP contribution in [0.3, 0.4) is 0 Å². The van der Waals surface area contributed by atoms with Gasteiger partial charge in [0.15, 0.2) is 0 Å². The molecule has 15 heavy (non-hydrogen) atoms. The van der Waals surface area contributed by atoms with Crippen molar-refractivity contribution in [1.29, 1.82) is 0 Å². The molecular weight excluding hydrogens is 188 g/mol. The van der Waals surface area contributed by atoms with E-state index in [0.717, 1.165) is 5.39 Å². The minimum atomic E-state index is -0.136. The van der Waals surface area contributed by atoms with E-state index in [-0.39, 0.29) is 12.1 Å². The smallest absolute Gasteiger partial charge is 0.260 e. The number of pyridine rings is 1. The molecule has 2 aromatic rings. The molecule has 1 aromatic heterocycles. The number of nitrogen functional groups attached to an aromatic ring is 1. The van der Waals surface area contributed by atoms with E-state index in [2.05, 4.69) is 5.92 Å². The molecule has 0 fully saturated rings. The van der Waals surface area contributed by atoms with Crippen molar-refractivity contribution in [2.75, 3.05) is 5.73 Å². The Kier molecular flexibility index (Phi) is 2.18. The number of rotatable bonds is 1. The van der Waals surface area contributed by atoms with Crippen LogP contribution in [0.2, 0.25) is 0 Å². The van der Waals surface area contributed by atoms with Crippen LogP contribution >= 0.6 is 0 Å². The Morgan fingerprint density at radius 2 is 2.13 bits per heavy atom. The van der Waals surface area contributed by atoms with Gasteiger partial charge in [-0.15, -0.1) is 6.42 Å². The Balaban J connectivity index is 2.86. The molecule has 1 heterocycles.